The van der Waals surface area contributed by atoms with Crippen molar-refractivity contribution in [2.75, 3.05) is 6.61 Å². The maximum Gasteiger partial charge on any atom is 0.226 e. The van der Waals surface area contributed by atoms with E-state index in [0.29, 0.717) is 12.4 Å². The van der Waals surface area contributed by atoms with E-state index < -0.39 is 6.17 Å². The van der Waals surface area contributed by atoms with E-state index in [-0.39, 0.29) is 6.61 Å². The second-order valence-corrected chi connectivity index (χ2v) is 3.24. The lowest BCUT2D eigenvalue weighted by Gasteiger charge is -2.18. The van der Waals surface area contributed by atoms with Crippen molar-refractivity contribution >= 4 is 15.9 Å². The summed E-state index contributed by atoms with van der Waals surface area (Å²) in [6.45, 7) is 0.422. The molecule has 0 aromatic carbocycles. The van der Waals surface area contributed by atoms with Crippen LogP contribution in [0.25, 0.3) is 0 Å². The molecule has 0 bridgehead atoms. The third kappa shape index (κ3) is 1.13. The topological polar surface area (TPSA) is 27.1 Å². The molecule has 0 saturated carbocycles. The summed E-state index contributed by atoms with van der Waals surface area (Å²) >= 11 is 3.24. The Kier molecular flexibility index (Phi) is 1.60. The Labute approximate surface area is 71.3 Å². The fraction of sp³-hybridized carbons (Fsp3) is 0.500. The van der Waals surface area contributed by atoms with Crippen molar-refractivity contribution in [1.82, 2.24) is 9.78 Å². The van der Waals surface area contributed by atoms with Crippen molar-refractivity contribution in [1.29, 1.82) is 0 Å². The smallest absolute Gasteiger partial charge is 0.226 e. The van der Waals surface area contributed by atoms with Gasteiger partial charge in [-0.2, -0.15) is 5.10 Å². The van der Waals surface area contributed by atoms with Crippen LogP contribution < -0.4 is 4.74 Å². The van der Waals surface area contributed by atoms with Crippen LogP contribution in [0.5, 0.6) is 5.88 Å². The van der Waals surface area contributed by atoms with E-state index >= 15 is 0 Å². The van der Waals surface area contributed by atoms with Gasteiger partial charge in [-0.05, 0) is 15.9 Å². The van der Waals surface area contributed by atoms with E-state index in [1.807, 2.05) is 0 Å². The Balaban J connectivity index is 2.36. The maximum absolute atomic E-state index is 12.7. The van der Waals surface area contributed by atoms with Crippen LogP contribution in [-0.4, -0.2) is 22.6 Å². The summed E-state index contributed by atoms with van der Waals surface area (Å²) in [7, 11) is 0. The molecule has 0 spiro atoms. The number of fused-ring (bicyclic) bond motifs is 1. The Morgan fingerprint density at radius 2 is 2.64 bits per heavy atom. The van der Waals surface area contributed by atoms with Gasteiger partial charge in [-0.15, -0.1) is 0 Å². The second-order valence-electron chi connectivity index (χ2n) is 2.39. The molecule has 0 fully saturated rings. The van der Waals surface area contributed by atoms with E-state index in [1.54, 1.807) is 6.20 Å². The molecule has 1 aromatic rings. The number of nitrogens with zero attached hydrogens (tertiary/aromatic N) is 2. The molecule has 0 saturated heterocycles. The minimum absolute atomic E-state index is 0.129. The lowest BCUT2D eigenvalue weighted by atomic mass is 10.4. The van der Waals surface area contributed by atoms with Gasteiger partial charge in [0.1, 0.15) is 6.61 Å². The minimum atomic E-state index is -0.936. The molecule has 1 aliphatic rings. The molecule has 0 radical (unpaired) electrons. The van der Waals surface area contributed by atoms with E-state index in [4.69, 9.17) is 4.74 Å². The van der Waals surface area contributed by atoms with Gasteiger partial charge in [0.25, 0.3) is 0 Å². The summed E-state index contributed by atoms with van der Waals surface area (Å²) in [6.07, 6.45) is 0.669. The average molecular weight is 221 g/mol. The predicted octanol–water partition coefficient (Wildman–Crippen LogP) is 1.38. The van der Waals surface area contributed by atoms with E-state index in [1.165, 1.54) is 4.68 Å². The van der Waals surface area contributed by atoms with Gasteiger partial charge in [-0.3, -0.25) is 0 Å². The van der Waals surface area contributed by atoms with Gasteiger partial charge >= 0.3 is 0 Å². The molecule has 5 heteroatoms. The molecule has 2 heterocycles. The number of hydrogen-bond acceptors (Lipinski definition) is 2. The number of aromatic nitrogens is 2. The lowest BCUT2D eigenvalue weighted by Crippen LogP contribution is -2.26. The van der Waals surface area contributed by atoms with Crippen LogP contribution in [0.3, 0.4) is 0 Å². The molecule has 11 heavy (non-hydrogen) atoms. The molecular weight excluding hydrogens is 215 g/mol. The number of alkyl halides is 1. The zero-order chi connectivity index (χ0) is 7.84. The standard InChI is InChI=1S/C6H6BrFN2O/c7-5-1-9-10-2-4(8)3-11-6(5)10/h1,4H,2-3H2. The molecule has 1 aromatic heterocycles. The highest BCUT2D eigenvalue weighted by molar-refractivity contribution is 9.10. The highest BCUT2D eigenvalue weighted by Crippen LogP contribution is 2.27. The monoisotopic (exact) mass is 220 g/mol. The van der Waals surface area contributed by atoms with E-state index in [0.717, 1.165) is 4.47 Å². The molecular formula is C6H6BrFN2O. The molecule has 0 aliphatic carbocycles. The van der Waals surface area contributed by atoms with Crippen LogP contribution >= 0.6 is 15.9 Å². The first-order valence-corrected chi connectivity index (χ1v) is 4.05. The molecule has 1 atom stereocenters. The van der Waals surface area contributed by atoms with Gasteiger partial charge in [0.05, 0.1) is 17.2 Å². The van der Waals surface area contributed by atoms with Crippen LogP contribution in [0.15, 0.2) is 10.7 Å². The average Bonchev–Trinajstić information content (AvgIpc) is 2.32. The molecule has 1 aliphatic heterocycles. The molecule has 1 unspecified atom stereocenters. The number of rotatable bonds is 0. The first kappa shape index (κ1) is 7.09. The van der Waals surface area contributed by atoms with Crippen molar-refractivity contribution in [2.45, 2.75) is 12.7 Å². The Morgan fingerprint density at radius 1 is 1.82 bits per heavy atom. The fourth-order valence-corrected chi connectivity index (χ4v) is 1.45. The van der Waals surface area contributed by atoms with Crippen LogP contribution in [0.1, 0.15) is 0 Å². The third-order valence-electron chi connectivity index (χ3n) is 1.52. The first-order chi connectivity index (χ1) is 5.27. The number of halogens is 2. The van der Waals surface area contributed by atoms with E-state index in [2.05, 4.69) is 21.0 Å². The third-order valence-corrected chi connectivity index (χ3v) is 2.07. The largest absolute Gasteiger partial charge is 0.474 e. The van der Waals surface area contributed by atoms with Crippen molar-refractivity contribution in [3.63, 3.8) is 0 Å². The van der Waals surface area contributed by atoms with Gasteiger partial charge in [-0.25, -0.2) is 9.07 Å². The minimum Gasteiger partial charge on any atom is -0.474 e. The summed E-state index contributed by atoms with van der Waals surface area (Å²) < 4.78 is 20.0. The Morgan fingerprint density at radius 3 is 3.45 bits per heavy atom. The highest BCUT2D eigenvalue weighted by Gasteiger charge is 2.21. The zero-order valence-corrected chi connectivity index (χ0v) is 7.21. The highest BCUT2D eigenvalue weighted by atomic mass is 79.9. The second kappa shape index (κ2) is 2.48. The first-order valence-electron chi connectivity index (χ1n) is 3.25. The molecule has 0 N–H and O–H groups in total. The Bertz CT molecular complexity index is 276. The van der Waals surface area contributed by atoms with Gasteiger partial charge in [0.15, 0.2) is 6.17 Å². The van der Waals surface area contributed by atoms with Crippen molar-refractivity contribution in [2.24, 2.45) is 0 Å². The zero-order valence-electron chi connectivity index (χ0n) is 5.63. The van der Waals surface area contributed by atoms with Crippen molar-refractivity contribution in [3.8, 4) is 5.88 Å². The summed E-state index contributed by atoms with van der Waals surface area (Å²) in [5, 5.41) is 3.91. The van der Waals surface area contributed by atoms with Crippen molar-refractivity contribution < 1.29 is 9.13 Å². The molecule has 3 nitrogen and oxygen atoms in total. The van der Waals surface area contributed by atoms with Crippen LogP contribution in [0.2, 0.25) is 0 Å². The summed E-state index contributed by atoms with van der Waals surface area (Å²) in [4.78, 5) is 0. The normalized spacial score (nSPS) is 22.5. The quantitative estimate of drug-likeness (QED) is 0.661. The Hall–Kier alpha value is -0.580. The van der Waals surface area contributed by atoms with Crippen molar-refractivity contribution in [3.05, 3.63) is 10.7 Å². The van der Waals surface area contributed by atoms with Crippen LogP contribution in [0.4, 0.5) is 4.39 Å². The maximum atomic E-state index is 12.7. The van der Waals surface area contributed by atoms with E-state index in [9.17, 15) is 4.39 Å². The summed E-state index contributed by atoms with van der Waals surface area (Å²) in [5.74, 6) is 0.624. The number of ether oxygens (including phenoxy) is 1. The van der Waals surface area contributed by atoms with Crippen LogP contribution in [-0.2, 0) is 6.54 Å². The van der Waals surface area contributed by atoms with Gasteiger partial charge in [0, 0.05) is 0 Å². The summed E-state index contributed by atoms with van der Waals surface area (Å²) in [6, 6.07) is 0. The van der Waals surface area contributed by atoms with Gasteiger partial charge in [-0.1, -0.05) is 0 Å². The van der Waals surface area contributed by atoms with Gasteiger partial charge < -0.3 is 4.74 Å². The predicted molar refractivity (Wildman–Crippen MR) is 40.3 cm³/mol. The van der Waals surface area contributed by atoms with Gasteiger partial charge in [0.2, 0.25) is 5.88 Å². The number of hydrogen-bond donors (Lipinski definition) is 0. The molecule has 0 amide bonds. The summed E-state index contributed by atoms with van der Waals surface area (Å²) in [5.41, 5.74) is 0. The SMILES string of the molecule is FC1COc2c(Br)cnn2C1. The molecule has 60 valence electrons. The lowest BCUT2D eigenvalue weighted by molar-refractivity contribution is 0.124. The van der Waals surface area contributed by atoms with Crippen LogP contribution in [0, 0.1) is 0 Å². The fourth-order valence-electron chi connectivity index (χ4n) is 1.03. The molecule has 2 rings (SSSR count).